The zero-order chi connectivity index (χ0) is 34.6. The molecule has 1 aliphatic rings. The third-order valence-electron chi connectivity index (χ3n) is 10.9. The Morgan fingerprint density at radius 3 is 1.98 bits per heavy atom. The average molecular weight is 693 g/mol. The number of nitrogens with zero attached hydrogens (tertiary/aromatic N) is 4. The van der Waals surface area contributed by atoms with Crippen LogP contribution in [-0.4, -0.2) is 19.1 Å². The van der Waals surface area contributed by atoms with Gasteiger partial charge in [-0.1, -0.05) is 121 Å². The van der Waals surface area contributed by atoms with Crippen LogP contribution in [0.4, 0.5) is 0 Å². The second-order valence-corrected chi connectivity index (χ2v) is 14.8. The summed E-state index contributed by atoms with van der Waals surface area (Å²) in [5.74, 6) is 0.688. The Labute approximate surface area is 308 Å². The molecule has 246 valence electrons. The summed E-state index contributed by atoms with van der Waals surface area (Å²) in [5.41, 5.74) is 11.3. The Bertz CT molecular complexity index is 3320. The van der Waals surface area contributed by atoms with Crippen molar-refractivity contribution in [3.8, 4) is 34.0 Å². The summed E-state index contributed by atoms with van der Waals surface area (Å²) in [5, 5.41) is 8.46. The standard InChI is InChI=1S/C48H28N4S/c1-2-12-30(13-3-1)51-39-20-7-4-14-33(39)37-28-29(24-26-41(37)51)31-17-10-18-34-32(31)25-27-42-45(34)35-15-5-8-21-40(35)52(42)48-49-38-19-11-23-44-46(38)47(50-48)36-16-6-9-22-43(36)53-44/h1-28H. The third-order valence-corrected chi connectivity index (χ3v) is 12.1. The van der Waals surface area contributed by atoms with E-state index >= 15 is 0 Å². The molecular formula is C48H28N4S. The van der Waals surface area contributed by atoms with Gasteiger partial charge in [-0.3, -0.25) is 4.57 Å². The summed E-state index contributed by atoms with van der Waals surface area (Å²) < 4.78 is 4.63. The van der Waals surface area contributed by atoms with Crippen molar-refractivity contribution >= 4 is 77.0 Å². The van der Waals surface area contributed by atoms with Gasteiger partial charge >= 0.3 is 0 Å². The van der Waals surface area contributed by atoms with Gasteiger partial charge in [0, 0.05) is 48.0 Å². The molecule has 5 heteroatoms. The first-order valence-electron chi connectivity index (χ1n) is 17.9. The van der Waals surface area contributed by atoms with E-state index in [1.54, 1.807) is 11.8 Å². The van der Waals surface area contributed by atoms with Crippen molar-refractivity contribution in [3.05, 3.63) is 170 Å². The first-order chi connectivity index (χ1) is 26.3. The highest BCUT2D eigenvalue weighted by Gasteiger charge is 2.24. The van der Waals surface area contributed by atoms with Crippen molar-refractivity contribution in [2.75, 3.05) is 0 Å². The molecule has 8 aromatic carbocycles. The zero-order valence-electron chi connectivity index (χ0n) is 28.4. The van der Waals surface area contributed by atoms with Crippen LogP contribution < -0.4 is 0 Å². The fourth-order valence-corrected chi connectivity index (χ4v) is 9.79. The molecule has 0 aliphatic carbocycles. The number of para-hydroxylation sites is 3. The number of rotatable bonds is 3. The van der Waals surface area contributed by atoms with Crippen LogP contribution in [0, 0.1) is 0 Å². The van der Waals surface area contributed by atoms with E-state index in [1.807, 2.05) is 0 Å². The van der Waals surface area contributed by atoms with Gasteiger partial charge in [-0.25, -0.2) is 9.97 Å². The Morgan fingerprint density at radius 1 is 0.396 bits per heavy atom. The predicted molar refractivity (Wildman–Crippen MR) is 221 cm³/mol. The summed E-state index contributed by atoms with van der Waals surface area (Å²) in [7, 11) is 0. The van der Waals surface area contributed by atoms with Crippen molar-refractivity contribution in [1.29, 1.82) is 0 Å². The van der Waals surface area contributed by atoms with Gasteiger partial charge in [0.15, 0.2) is 0 Å². The van der Waals surface area contributed by atoms with Crippen LogP contribution in [0.3, 0.4) is 0 Å². The zero-order valence-corrected chi connectivity index (χ0v) is 29.2. The van der Waals surface area contributed by atoms with Crippen LogP contribution in [0.15, 0.2) is 180 Å². The van der Waals surface area contributed by atoms with E-state index < -0.39 is 0 Å². The lowest BCUT2D eigenvalue weighted by molar-refractivity contribution is 1.01. The fraction of sp³-hybridized carbons (Fsp3) is 0. The lowest BCUT2D eigenvalue weighted by Crippen LogP contribution is -2.05. The van der Waals surface area contributed by atoms with E-state index in [1.165, 1.54) is 70.0 Å². The molecule has 12 rings (SSSR count). The molecule has 0 amide bonds. The molecule has 1 aliphatic heterocycles. The van der Waals surface area contributed by atoms with Crippen LogP contribution in [0.1, 0.15) is 0 Å². The normalized spacial score (nSPS) is 12.5. The summed E-state index contributed by atoms with van der Waals surface area (Å²) >= 11 is 1.80. The Hall–Kier alpha value is -6.69. The van der Waals surface area contributed by atoms with Crippen LogP contribution in [0.25, 0.3) is 99.3 Å². The maximum Gasteiger partial charge on any atom is 0.235 e. The molecular weight excluding hydrogens is 665 g/mol. The molecule has 0 spiro atoms. The molecule has 4 heterocycles. The molecule has 11 aromatic rings. The molecule has 3 aromatic heterocycles. The number of benzene rings is 8. The summed E-state index contributed by atoms with van der Waals surface area (Å²) in [4.78, 5) is 13.1. The topological polar surface area (TPSA) is 35.6 Å². The Morgan fingerprint density at radius 2 is 1.08 bits per heavy atom. The highest BCUT2D eigenvalue weighted by molar-refractivity contribution is 7.99. The second kappa shape index (κ2) is 10.9. The smallest absolute Gasteiger partial charge is 0.235 e. The van der Waals surface area contributed by atoms with Crippen LogP contribution in [-0.2, 0) is 0 Å². The highest BCUT2D eigenvalue weighted by atomic mass is 32.2. The van der Waals surface area contributed by atoms with E-state index in [4.69, 9.17) is 9.97 Å². The van der Waals surface area contributed by atoms with Crippen molar-refractivity contribution in [2.45, 2.75) is 9.79 Å². The van der Waals surface area contributed by atoms with Gasteiger partial charge in [0.05, 0.1) is 33.3 Å². The molecule has 0 atom stereocenters. The minimum absolute atomic E-state index is 0.688. The molecule has 0 bridgehead atoms. The van der Waals surface area contributed by atoms with E-state index in [9.17, 15) is 0 Å². The van der Waals surface area contributed by atoms with Gasteiger partial charge < -0.3 is 4.57 Å². The van der Waals surface area contributed by atoms with E-state index in [2.05, 4.69) is 179 Å². The minimum Gasteiger partial charge on any atom is -0.309 e. The number of hydrogen-bond donors (Lipinski definition) is 0. The highest BCUT2D eigenvalue weighted by Crippen LogP contribution is 2.47. The molecule has 53 heavy (non-hydrogen) atoms. The van der Waals surface area contributed by atoms with Crippen LogP contribution in [0.2, 0.25) is 0 Å². The summed E-state index contributed by atoms with van der Waals surface area (Å²) in [6.07, 6.45) is 0. The van der Waals surface area contributed by atoms with Gasteiger partial charge in [0.25, 0.3) is 0 Å². The molecule has 0 unspecified atom stereocenters. The Balaban J connectivity index is 1.10. The van der Waals surface area contributed by atoms with Gasteiger partial charge in [0.2, 0.25) is 5.95 Å². The van der Waals surface area contributed by atoms with Crippen molar-refractivity contribution < 1.29 is 0 Å². The minimum atomic E-state index is 0.688. The molecule has 0 saturated carbocycles. The van der Waals surface area contributed by atoms with Gasteiger partial charge in [-0.05, 0) is 82.6 Å². The van der Waals surface area contributed by atoms with E-state index in [-0.39, 0.29) is 0 Å². The van der Waals surface area contributed by atoms with E-state index in [0.29, 0.717) is 5.95 Å². The van der Waals surface area contributed by atoms with Gasteiger partial charge in [0.1, 0.15) is 0 Å². The van der Waals surface area contributed by atoms with Gasteiger partial charge in [-0.15, -0.1) is 0 Å². The second-order valence-electron chi connectivity index (χ2n) is 13.8. The summed E-state index contributed by atoms with van der Waals surface area (Å²) in [6.45, 7) is 0. The SMILES string of the molecule is c1ccc(-n2c3ccccc3c3cc(-c4cccc5c4ccc4c5c5ccccc5n4-c4nc5c6c(cccc6n4)Sc4ccccc4-5)ccc32)cc1. The average Bonchev–Trinajstić information content (AvgIpc) is 3.74. The molecule has 0 fully saturated rings. The van der Waals surface area contributed by atoms with Crippen LogP contribution >= 0.6 is 11.8 Å². The number of fused-ring (bicyclic) bond motifs is 10. The van der Waals surface area contributed by atoms with Crippen LogP contribution in [0.5, 0.6) is 0 Å². The molecule has 0 N–H and O–H groups in total. The third kappa shape index (κ3) is 4.08. The quantitative estimate of drug-likeness (QED) is 0.185. The van der Waals surface area contributed by atoms with Gasteiger partial charge in [-0.2, -0.15) is 0 Å². The lowest BCUT2D eigenvalue weighted by atomic mass is 9.94. The monoisotopic (exact) mass is 692 g/mol. The maximum atomic E-state index is 5.37. The molecule has 0 saturated heterocycles. The molecule has 4 nitrogen and oxygen atoms in total. The predicted octanol–water partition coefficient (Wildman–Crippen LogP) is 12.8. The van der Waals surface area contributed by atoms with Crippen molar-refractivity contribution in [2.24, 2.45) is 0 Å². The number of hydrogen-bond acceptors (Lipinski definition) is 3. The van der Waals surface area contributed by atoms with Crippen molar-refractivity contribution in [3.63, 3.8) is 0 Å². The first kappa shape index (κ1) is 28.9. The number of aromatic nitrogens is 4. The lowest BCUT2D eigenvalue weighted by Gasteiger charge is -2.20. The largest absolute Gasteiger partial charge is 0.309 e. The maximum absolute atomic E-state index is 5.37. The molecule has 0 radical (unpaired) electrons. The fourth-order valence-electron chi connectivity index (χ4n) is 8.68. The summed E-state index contributed by atoms with van der Waals surface area (Å²) in [6, 6.07) is 61.2. The Kier molecular flexibility index (Phi) is 5.96. The van der Waals surface area contributed by atoms with Crippen molar-refractivity contribution in [1.82, 2.24) is 19.1 Å². The first-order valence-corrected chi connectivity index (χ1v) is 18.7. The van der Waals surface area contributed by atoms with E-state index in [0.717, 1.165) is 33.2 Å².